The number of nitrogens with zero attached hydrogens (tertiary/aromatic N) is 4. The average molecular weight is 797 g/mol. The van der Waals surface area contributed by atoms with Crippen molar-refractivity contribution in [2.75, 3.05) is 47.2 Å². The van der Waals surface area contributed by atoms with Crippen LogP contribution in [-0.2, 0) is 25.5 Å². The fraction of sp³-hybridized carbons (Fsp3) is 0.439. The molecule has 2 fully saturated rings. The van der Waals surface area contributed by atoms with Crippen molar-refractivity contribution in [3.8, 4) is 34.8 Å². The molecule has 296 valence electrons. The lowest BCUT2D eigenvalue weighted by Crippen LogP contribution is -2.69. The molecule has 7 atom stereocenters. The van der Waals surface area contributed by atoms with E-state index >= 15 is 0 Å². The van der Waals surface area contributed by atoms with Crippen LogP contribution in [-0.4, -0.2) is 110 Å². The van der Waals surface area contributed by atoms with E-state index in [1.54, 1.807) is 45.4 Å². The van der Waals surface area contributed by atoms with Gasteiger partial charge in [0.1, 0.15) is 24.4 Å². The zero-order chi connectivity index (χ0) is 40.0. The highest BCUT2D eigenvalue weighted by atomic mass is 32.2. The van der Waals surface area contributed by atoms with Gasteiger partial charge in [-0.3, -0.25) is 29.1 Å². The van der Waals surface area contributed by atoms with E-state index in [4.69, 9.17) is 33.2 Å². The van der Waals surface area contributed by atoms with E-state index in [9.17, 15) is 24.4 Å². The predicted molar refractivity (Wildman–Crippen MR) is 201 cm³/mol. The number of fused-ring (bicyclic) bond motifs is 11. The predicted octanol–water partition coefficient (Wildman–Crippen LogP) is 4.17. The molecule has 7 heterocycles. The number of methoxy groups -OCH3 is 2. The molecule has 0 N–H and O–H groups in total. The molecule has 4 bridgehead atoms. The summed E-state index contributed by atoms with van der Waals surface area (Å²) in [6.07, 6.45) is 0.501. The largest absolute Gasteiger partial charge is 0.493 e. The summed E-state index contributed by atoms with van der Waals surface area (Å²) in [5.74, 6) is -0.418. The lowest BCUT2D eigenvalue weighted by Gasteiger charge is -2.62. The number of aryl methyl sites for hydroxylation is 1. The zero-order valence-electron chi connectivity index (χ0n) is 32.2. The number of hydrogen-bond donors (Lipinski definition) is 0. The number of amides is 2. The first-order valence-electron chi connectivity index (χ1n) is 18.6. The van der Waals surface area contributed by atoms with Gasteiger partial charge in [-0.2, -0.15) is 5.26 Å². The minimum atomic E-state index is -1.30. The van der Waals surface area contributed by atoms with Crippen molar-refractivity contribution in [1.29, 1.82) is 5.26 Å². The summed E-state index contributed by atoms with van der Waals surface area (Å²) in [6.45, 7) is 4.64. The van der Waals surface area contributed by atoms with E-state index in [1.807, 2.05) is 14.0 Å². The molecule has 16 heteroatoms. The van der Waals surface area contributed by atoms with Gasteiger partial charge in [-0.1, -0.05) is 18.2 Å². The van der Waals surface area contributed by atoms with Gasteiger partial charge < -0.3 is 33.2 Å². The summed E-state index contributed by atoms with van der Waals surface area (Å²) in [5, 5.41) is 10.5. The number of imide groups is 1. The second-order valence-electron chi connectivity index (χ2n) is 15.0. The number of nitriles is 1. The summed E-state index contributed by atoms with van der Waals surface area (Å²) in [6, 6.07) is 6.97. The van der Waals surface area contributed by atoms with Crippen molar-refractivity contribution in [2.45, 2.75) is 68.7 Å². The van der Waals surface area contributed by atoms with Gasteiger partial charge in [0.05, 0.1) is 41.6 Å². The molecule has 57 heavy (non-hydrogen) atoms. The Morgan fingerprint density at radius 3 is 2.35 bits per heavy atom. The maximum Gasteiger partial charge on any atom is 0.330 e. The fourth-order valence-electron chi connectivity index (χ4n) is 9.87. The van der Waals surface area contributed by atoms with Crippen LogP contribution in [0.3, 0.4) is 0 Å². The van der Waals surface area contributed by atoms with Crippen molar-refractivity contribution >= 4 is 35.5 Å². The summed E-state index contributed by atoms with van der Waals surface area (Å²) < 4.78 is 42.2. The van der Waals surface area contributed by atoms with Crippen molar-refractivity contribution in [3.05, 3.63) is 74.8 Å². The topological polar surface area (TPSA) is 166 Å². The highest BCUT2D eigenvalue weighted by Crippen LogP contribution is 2.64. The Kier molecular flexibility index (Phi) is 9.11. The Balaban J connectivity index is 1.30. The first-order chi connectivity index (χ1) is 27.5. The summed E-state index contributed by atoms with van der Waals surface area (Å²) >= 11 is 1.32. The van der Waals surface area contributed by atoms with E-state index in [2.05, 4.69) is 21.9 Å². The molecule has 2 amide bonds. The molecule has 0 saturated carbocycles. The number of carbonyl (C=O) groups is 4. The van der Waals surface area contributed by atoms with Gasteiger partial charge in [0.25, 0.3) is 11.8 Å². The van der Waals surface area contributed by atoms with Crippen molar-refractivity contribution in [1.82, 2.24) is 14.7 Å². The highest BCUT2D eigenvalue weighted by molar-refractivity contribution is 7.99. The molecular formula is C41H40N4O11S. The summed E-state index contributed by atoms with van der Waals surface area (Å²) in [5.41, 5.74) is 4.87. The van der Waals surface area contributed by atoms with Crippen LogP contribution >= 0.6 is 11.8 Å². The van der Waals surface area contributed by atoms with Crippen molar-refractivity contribution < 1.29 is 52.3 Å². The molecule has 0 radical (unpaired) electrons. The minimum Gasteiger partial charge on any atom is -0.493 e. The molecule has 10 rings (SSSR count). The van der Waals surface area contributed by atoms with E-state index in [0.29, 0.717) is 46.1 Å². The molecule has 0 spiro atoms. The third kappa shape index (κ3) is 5.36. The number of piperazine rings is 1. The minimum absolute atomic E-state index is 0.0534. The van der Waals surface area contributed by atoms with Gasteiger partial charge in [-0.25, -0.2) is 4.79 Å². The monoisotopic (exact) mass is 796 g/mol. The van der Waals surface area contributed by atoms with Gasteiger partial charge in [0.2, 0.25) is 6.79 Å². The van der Waals surface area contributed by atoms with Crippen LogP contribution in [0.2, 0.25) is 0 Å². The number of thioether (sulfide) groups is 1. The summed E-state index contributed by atoms with van der Waals surface area (Å²) in [7, 11) is 5.12. The standard InChI is InChI=1S/C41H40N4O11S/c1-18-11-21-12-24-25(13-42)44-26-14-52-41(49)27(45-39(47)22-9-7-8-10-23(22)40(45)48)15-57-38(30-29(26)37-35(54-17-55-37)19(2)34(30)56-20(3)46)32(44)31(43(24)4)28(21)36(33(18)51-6)53-16-50-5/h7-11,24-27,31-32,38H,12,14-17H2,1-6H3/t24-,25+,26-,27+,31-,32?,38-/m1/s1. The third-order valence-electron chi connectivity index (χ3n) is 12.1. The Morgan fingerprint density at radius 2 is 1.68 bits per heavy atom. The Labute approximate surface area is 332 Å². The second kappa shape index (κ2) is 13.9. The number of ether oxygens (including phenoxy) is 7. The first kappa shape index (κ1) is 37.2. The van der Waals surface area contributed by atoms with E-state index in [0.717, 1.165) is 21.6 Å². The average Bonchev–Trinajstić information content (AvgIpc) is 3.78. The molecule has 0 aliphatic carbocycles. The van der Waals surface area contributed by atoms with Crippen molar-refractivity contribution in [2.24, 2.45) is 0 Å². The maximum absolute atomic E-state index is 14.3. The quantitative estimate of drug-likeness (QED) is 0.151. The fourth-order valence-corrected chi connectivity index (χ4v) is 11.4. The van der Waals surface area contributed by atoms with Gasteiger partial charge >= 0.3 is 11.9 Å². The van der Waals surface area contributed by atoms with Crippen LogP contribution in [0.5, 0.6) is 28.7 Å². The zero-order valence-corrected chi connectivity index (χ0v) is 33.0. The maximum atomic E-state index is 14.3. The van der Waals surface area contributed by atoms with E-state index in [-0.39, 0.29) is 48.9 Å². The van der Waals surface area contributed by atoms with Crippen LogP contribution in [0.25, 0.3) is 0 Å². The number of likely N-dealkylation sites (N-methyl/N-ethyl adjacent to an activating group) is 1. The Bertz CT molecular complexity index is 2280. The lowest BCUT2D eigenvalue weighted by molar-refractivity contribution is -0.153. The number of hydrogen-bond acceptors (Lipinski definition) is 15. The van der Waals surface area contributed by atoms with Crippen LogP contribution in [0, 0.1) is 25.2 Å². The highest BCUT2D eigenvalue weighted by Gasteiger charge is 2.61. The first-order valence-corrected chi connectivity index (χ1v) is 19.7. The smallest absolute Gasteiger partial charge is 0.330 e. The van der Waals surface area contributed by atoms with E-state index in [1.165, 1.54) is 18.7 Å². The Morgan fingerprint density at radius 1 is 0.965 bits per heavy atom. The van der Waals surface area contributed by atoms with Crippen molar-refractivity contribution in [3.63, 3.8) is 0 Å². The molecule has 0 aromatic heterocycles. The van der Waals surface area contributed by atoms with Crippen LogP contribution in [0.15, 0.2) is 30.3 Å². The molecule has 3 aromatic rings. The van der Waals surface area contributed by atoms with Gasteiger partial charge in [0, 0.05) is 54.1 Å². The normalized spacial score (nSPS) is 27.1. The molecule has 1 unspecified atom stereocenters. The van der Waals surface area contributed by atoms with Crippen LogP contribution in [0.4, 0.5) is 0 Å². The second-order valence-corrected chi connectivity index (χ2v) is 16.1. The summed E-state index contributed by atoms with van der Waals surface area (Å²) in [4.78, 5) is 60.3. The molecular weight excluding hydrogens is 757 g/mol. The Hall–Kier alpha value is -5.34. The number of rotatable bonds is 6. The SMILES string of the molecule is COCOc1c(OC)c(C)cc2c1[C@@H]1C3[C@@H]4SC[C@H](N5C(=O)c6ccccc6C5=O)C(=O)OC[C@H](c5c6c(c(C)c(OC(C)=O)c54)OCO6)N3[C@@H](C#N)[C@@H](C2)N1C. The molecule has 3 aromatic carbocycles. The van der Waals surface area contributed by atoms with Gasteiger partial charge in [-0.05, 0) is 50.6 Å². The molecule has 7 aliphatic heterocycles. The lowest BCUT2D eigenvalue weighted by atomic mass is 9.71. The van der Waals surface area contributed by atoms with Crippen LogP contribution < -0.4 is 23.7 Å². The number of carbonyl (C=O) groups excluding carboxylic acids is 4. The molecule has 2 saturated heterocycles. The van der Waals surface area contributed by atoms with Gasteiger partial charge in [0.15, 0.2) is 29.8 Å². The van der Waals surface area contributed by atoms with E-state index < -0.39 is 59.2 Å². The van der Waals surface area contributed by atoms with Crippen LogP contribution in [0.1, 0.15) is 78.4 Å². The van der Waals surface area contributed by atoms with Gasteiger partial charge in [-0.15, -0.1) is 11.8 Å². The third-order valence-corrected chi connectivity index (χ3v) is 13.5. The molecule has 7 aliphatic rings. The number of esters is 2. The number of benzene rings is 3. The molecule has 15 nitrogen and oxygen atoms in total.